The molecule has 108 valence electrons. The fraction of sp³-hybridized carbons (Fsp3) is 0.143. The summed E-state index contributed by atoms with van der Waals surface area (Å²) in [7, 11) is 0. The van der Waals surface area contributed by atoms with Crippen molar-refractivity contribution in [3.8, 4) is 22.6 Å². The Hall–Kier alpha value is -2.54. The van der Waals surface area contributed by atoms with Crippen molar-refractivity contribution in [3.63, 3.8) is 0 Å². The standard InChI is InChI=1S/C21H18O/c1-13-8-10-16(11-9-13)19-12-14(2)20-18-7-5-4-6-17(18)15(3)21(20)22-19/h4-12H,1-3H3. The Morgan fingerprint density at radius 2 is 1.45 bits per heavy atom. The van der Waals surface area contributed by atoms with Gasteiger partial charge in [-0.3, -0.25) is 0 Å². The summed E-state index contributed by atoms with van der Waals surface area (Å²) < 4.78 is 6.28. The van der Waals surface area contributed by atoms with Crippen LogP contribution in [0, 0.1) is 20.8 Å². The quantitative estimate of drug-likeness (QED) is 0.410. The lowest BCUT2D eigenvalue weighted by Crippen LogP contribution is -1.87. The zero-order valence-electron chi connectivity index (χ0n) is 13.1. The maximum atomic E-state index is 6.28. The molecular formula is C21H18O. The van der Waals surface area contributed by atoms with Crippen molar-refractivity contribution < 1.29 is 4.42 Å². The van der Waals surface area contributed by atoms with Gasteiger partial charge in [0.05, 0.1) is 0 Å². The van der Waals surface area contributed by atoms with E-state index in [0.29, 0.717) is 0 Å². The molecule has 1 aliphatic carbocycles. The first-order chi connectivity index (χ1) is 10.6. The summed E-state index contributed by atoms with van der Waals surface area (Å²) >= 11 is 0. The number of aryl methyl sites for hydroxylation is 3. The Morgan fingerprint density at radius 3 is 2.18 bits per heavy atom. The highest BCUT2D eigenvalue weighted by atomic mass is 16.3. The van der Waals surface area contributed by atoms with E-state index in [1.807, 2.05) is 0 Å². The van der Waals surface area contributed by atoms with Gasteiger partial charge in [-0.1, -0.05) is 54.1 Å². The van der Waals surface area contributed by atoms with Gasteiger partial charge >= 0.3 is 0 Å². The number of rotatable bonds is 1. The first kappa shape index (κ1) is 13.1. The maximum absolute atomic E-state index is 6.28. The number of benzene rings is 2. The van der Waals surface area contributed by atoms with E-state index in [1.54, 1.807) is 0 Å². The van der Waals surface area contributed by atoms with Crippen molar-refractivity contribution in [2.24, 2.45) is 0 Å². The van der Waals surface area contributed by atoms with Crippen molar-refractivity contribution in [2.75, 3.05) is 0 Å². The van der Waals surface area contributed by atoms with Crippen molar-refractivity contribution >= 4 is 10.8 Å². The lowest BCUT2D eigenvalue weighted by atomic mass is 10.0. The third-order valence-electron chi connectivity index (χ3n) is 4.46. The van der Waals surface area contributed by atoms with Crippen molar-refractivity contribution in [2.45, 2.75) is 20.8 Å². The first-order valence-corrected chi connectivity index (χ1v) is 7.63. The molecule has 4 rings (SSSR count). The molecule has 1 heteroatoms. The van der Waals surface area contributed by atoms with Crippen LogP contribution in [-0.2, 0) is 0 Å². The van der Waals surface area contributed by atoms with Gasteiger partial charge in [-0.2, -0.15) is 0 Å². The second-order valence-electron chi connectivity index (χ2n) is 6.03. The van der Waals surface area contributed by atoms with Crippen LogP contribution >= 0.6 is 0 Å². The summed E-state index contributed by atoms with van der Waals surface area (Å²) in [5.41, 5.74) is 6.12. The maximum Gasteiger partial charge on any atom is 0.139 e. The topological polar surface area (TPSA) is 13.1 Å². The summed E-state index contributed by atoms with van der Waals surface area (Å²) in [6.07, 6.45) is 0. The fourth-order valence-electron chi connectivity index (χ4n) is 3.25. The molecule has 2 aliphatic rings. The van der Waals surface area contributed by atoms with Crippen molar-refractivity contribution in [3.05, 3.63) is 71.3 Å². The monoisotopic (exact) mass is 286 g/mol. The molecule has 0 saturated heterocycles. The van der Waals surface area contributed by atoms with E-state index in [-0.39, 0.29) is 0 Å². The van der Waals surface area contributed by atoms with Crippen LogP contribution in [0.25, 0.3) is 33.4 Å². The first-order valence-electron chi connectivity index (χ1n) is 7.63. The van der Waals surface area contributed by atoms with E-state index < -0.39 is 0 Å². The van der Waals surface area contributed by atoms with Crippen LogP contribution in [0.5, 0.6) is 0 Å². The molecule has 2 aromatic carbocycles. The number of hydrogen-bond donors (Lipinski definition) is 0. The second kappa shape index (κ2) is 4.74. The summed E-state index contributed by atoms with van der Waals surface area (Å²) in [5, 5.41) is 2.57. The molecule has 0 saturated carbocycles. The van der Waals surface area contributed by atoms with Crippen LogP contribution in [0.2, 0.25) is 0 Å². The Morgan fingerprint density at radius 1 is 0.773 bits per heavy atom. The van der Waals surface area contributed by atoms with Gasteiger partial charge in [0.25, 0.3) is 0 Å². The summed E-state index contributed by atoms with van der Waals surface area (Å²) in [4.78, 5) is 0. The van der Waals surface area contributed by atoms with Gasteiger partial charge in [-0.05, 0) is 43.2 Å². The molecule has 0 N–H and O–H groups in total. The van der Waals surface area contributed by atoms with Crippen molar-refractivity contribution in [1.29, 1.82) is 0 Å². The lowest BCUT2D eigenvalue weighted by molar-refractivity contribution is 0.579. The molecule has 0 radical (unpaired) electrons. The average Bonchev–Trinajstić information content (AvgIpc) is 2.82. The minimum absolute atomic E-state index is 0.934. The molecule has 0 amide bonds. The van der Waals surface area contributed by atoms with Gasteiger partial charge in [0.2, 0.25) is 0 Å². The van der Waals surface area contributed by atoms with Gasteiger partial charge in [-0.25, -0.2) is 0 Å². The van der Waals surface area contributed by atoms with Crippen LogP contribution < -0.4 is 0 Å². The third-order valence-corrected chi connectivity index (χ3v) is 4.46. The van der Waals surface area contributed by atoms with Crippen LogP contribution in [0.3, 0.4) is 0 Å². The Kier molecular flexibility index (Phi) is 2.83. The summed E-state index contributed by atoms with van der Waals surface area (Å²) in [6, 6.07) is 19.2. The molecule has 0 bridgehead atoms. The highest BCUT2D eigenvalue weighted by molar-refractivity contribution is 6.05. The van der Waals surface area contributed by atoms with Crippen LogP contribution in [0.4, 0.5) is 0 Å². The van der Waals surface area contributed by atoms with Crippen molar-refractivity contribution in [1.82, 2.24) is 0 Å². The van der Waals surface area contributed by atoms with E-state index in [9.17, 15) is 0 Å². The van der Waals surface area contributed by atoms with E-state index in [1.165, 1.54) is 33.0 Å². The van der Waals surface area contributed by atoms with E-state index >= 15 is 0 Å². The zero-order chi connectivity index (χ0) is 15.3. The summed E-state index contributed by atoms with van der Waals surface area (Å²) in [5.74, 6) is 1.94. The zero-order valence-corrected chi connectivity index (χ0v) is 13.1. The molecule has 1 aliphatic heterocycles. The van der Waals surface area contributed by atoms with Crippen LogP contribution in [0.15, 0.2) is 59.0 Å². The molecule has 22 heavy (non-hydrogen) atoms. The molecule has 2 aromatic rings. The van der Waals surface area contributed by atoms with Gasteiger partial charge < -0.3 is 4.42 Å². The molecule has 0 atom stereocenters. The van der Waals surface area contributed by atoms with Gasteiger partial charge in [0.15, 0.2) is 0 Å². The summed E-state index contributed by atoms with van der Waals surface area (Å²) in [6.45, 7) is 6.41. The fourth-order valence-corrected chi connectivity index (χ4v) is 3.25. The van der Waals surface area contributed by atoms with E-state index in [0.717, 1.165) is 17.1 Å². The molecule has 0 spiro atoms. The number of hydrogen-bond acceptors (Lipinski definition) is 1. The normalized spacial score (nSPS) is 11.4. The third kappa shape index (κ3) is 1.86. The Labute approximate surface area is 130 Å². The SMILES string of the molecule is Cc1ccc(-c2cc(C)c3c4ccccc4c(C)c-3o2)cc1. The average molecular weight is 286 g/mol. The lowest BCUT2D eigenvalue weighted by Gasteiger charge is -2.10. The van der Waals surface area contributed by atoms with E-state index in [2.05, 4.69) is 75.4 Å². The Balaban J connectivity index is 2.04. The predicted octanol–water partition coefficient (Wildman–Crippen LogP) is 6.13. The highest BCUT2D eigenvalue weighted by Gasteiger charge is 2.20. The van der Waals surface area contributed by atoms with Gasteiger partial charge in [0.1, 0.15) is 11.5 Å². The smallest absolute Gasteiger partial charge is 0.139 e. The molecule has 0 unspecified atom stereocenters. The van der Waals surface area contributed by atoms with E-state index in [4.69, 9.17) is 4.42 Å². The number of fused-ring (bicyclic) bond motifs is 3. The molecule has 1 nitrogen and oxygen atoms in total. The minimum Gasteiger partial charge on any atom is -0.456 e. The predicted molar refractivity (Wildman–Crippen MR) is 92.5 cm³/mol. The molecule has 0 fully saturated rings. The molecule has 1 heterocycles. The second-order valence-corrected chi connectivity index (χ2v) is 6.03. The van der Waals surface area contributed by atoms with Crippen LogP contribution in [-0.4, -0.2) is 0 Å². The molecular weight excluding hydrogens is 268 g/mol. The largest absolute Gasteiger partial charge is 0.456 e. The highest BCUT2D eigenvalue weighted by Crippen LogP contribution is 2.42. The van der Waals surface area contributed by atoms with Gasteiger partial charge in [-0.15, -0.1) is 0 Å². The van der Waals surface area contributed by atoms with Crippen LogP contribution in [0.1, 0.15) is 16.7 Å². The minimum atomic E-state index is 0.934. The Bertz CT molecular complexity index is 942. The van der Waals surface area contributed by atoms with Gasteiger partial charge in [0, 0.05) is 16.7 Å². The molecule has 0 aromatic heterocycles.